The molecule has 0 unspecified atom stereocenters. The van der Waals surface area contributed by atoms with Crippen molar-refractivity contribution in [3.8, 4) is 0 Å². The molecular formula is C10H14O6Zn. The van der Waals surface area contributed by atoms with Gasteiger partial charge in [-0.05, 0) is 26.7 Å². The Morgan fingerprint density at radius 2 is 0.941 bits per heavy atom. The second kappa shape index (κ2) is 13.0. The molecule has 6 nitrogen and oxygen atoms in total. The van der Waals surface area contributed by atoms with Gasteiger partial charge in [0.15, 0.2) is 0 Å². The van der Waals surface area contributed by atoms with Gasteiger partial charge in [0.05, 0.1) is 0 Å². The van der Waals surface area contributed by atoms with Gasteiger partial charge in [-0.3, -0.25) is 0 Å². The van der Waals surface area contributed by atoms with Crippen LogP contribution in [-0.4, -0.2) is 23.5 Å². The zero-order valence-corrected chi connectivity index (χ0v) is 13.0. The third-order valence-electron chi connectivity index (χ3n) is 1.36. The molecular weight excluding hydrogens is 281 g/mol. The van der Waals surface area contributed by atoms with Crippen molar-refractivity contribution in [3.63, 3.8) is 0 Å². The van der Waals surface area contributed by atoms with Crippen molar-refractivity contribution in [2.24, 2.45) is 0 Å². The zero-order chi connectivity index (χ0) is 13.1. The smallest absolute Gasteiger partial charge is 0.550 e. The first kappa shape index (κ1) is 21.2. The number of Topliss-reactive ketones (excluding diaryl/α,β-unsaturated/α-hetero) is 2. The molecule has 0 spiro atoms. The Kier molecular flexibility index (Phi) is 16.2. The fraction of sp³-hybridized carbons (Fsp3) is 0.600. The predicted molar refractivity (Wildman–Crippen MR) is 49.8 cm³/mol. The fourth-order valence-electron chi connectivity index (χ4n) is 0.556. The average molecular weight is 296 g/mol. The van der Waals surface area contributed by atoms with Crippen LogP contribution in [0.15, 0.2) is 0 Å². The molecule has 92 valence electrons. The second-order valence-electron chi connectivity index (χ2n) is 3.15. The largest absolute Gasteiger partial charge is 2.00 e. The average Bonchev–Trinajstić information content (AvgIpc) is 2.12. The molecule has 0 aliphatic heterocycles. The van der Waals surface area contributed by atoms with Gasteiger partial charge in [0, 0.05) is 24.8 Å². The van der Waals surface area contributed by atoms with E-state index in [9.17, 15) is 29.4 Å². The maximum Gasteiger partial charge on any atom is 2.00 e. The van der Waals surface area contributed by atoms with Gasteiger partial charge in [-0.2, -0.15) is 0 Å². The third kappa shape index (κ3) is 31.3. The summed E-state index contributed by atoms with van der Waals surface area (Å²) in [6.45, 7) is 2.70. The van der Waals surface area contributed by atoms with E-state index < -0.39 is 11.9 Å². The molecule has 0 N–H and O–H groups in total. The van der Waals surface area contributed by atoms with Crippen LogP contribution in [0.1, 0.15) is 39.5 Å². The summed E-state index contributed by atoms with van der Waals surface area (Å²) in [5.41, 5.74) is 0. The van der Waals surface area contributed by atoms with Crippen LogP contribution in [0.2, 0.25) is 0 Å². The van der Waals surface area contributed by atoms with E-state index in [0.29, 0.717) is 0 Å². The molecule has 0 bridgehead atoms. The second-order valence-corrected chi connectivity index (χ2v) is 3.15. The molecule has 0 fully saturated rings. The van der Waals surface area contributed by atoms with Gasteiger partial charge in [-0.1, -0.05) is 0 Å². The molecule has 17 heavy (non-hydrogen) atoms. The monoisotopic (exact) mass is 294 g/mol. The van der Waals surface area contributed by atoms with Gasteiger partial charge in [0.2, 0.25) is 0 Å². The fourth-order valence-corrected chi connectivity index (χ4v) is 0.556. The van der Waals surface area contributed by atoms with Crippen molar-refractivity contribution in [3.05, 3.63) is 0 Å². The molecule has 0 amide bonds. The standard InChI is InChI=1S/2C5H8O3.Zn/c2*1-4(6)2-3-5(7)8;/h2*2-3H2,1H3,(H,7,8);/q;;+2/p-2. The van der Waals surface area contributed by atoms with E-state index in [4.69, 9.17) is 0 Å². The van der Waals surface area contributed by atoms with Gasteiger partial charge in [-0.25, -0.2) is 0 Å². The van der Waals surface area contributed by atoms with Gasteiger partial charge >= 0.3 is 19.5 Å². The van der Waals surface area contributed by atoms with Crippen LogP contribution in [0.5, 0.6) is 0 Å². The molecule has 0 atom stereocenters. The molecule has 0 aromatic rings. The Hall–Kier alpha value is -1.10. The number of carbonyl (C=O) groups is 4. The Morgan fingerprint density at radius 1 is 0.706 bits per heavy atom. The predicted octanol–water partition coefficient (Wildman–Crippen LogP) is -1.79. The summed E-state index contributed by atoms with van der Waals surface area (Å²) in [5.74, 6) is -2.57. The summed E-state index contributed by atoms with van der Waals surface area (Å²) in [5, 5.41) is 19.3. The molecule has 0 heterocycles. The van der Waals surface area contributed by atoms with E-state index in [1.807, 2.05) is 0 Å². The first-order valence-electron chi connectivity index (χ1n) is 4.64. The topological polar surface area (TPSA) is 114 Å². The Labute approximate surface area is 112 Å². The summed E-state index contributed by atoms with van der Waals surface area (Å²) < 4.78 is 0. The summed E-state index contributed by atoms with van der Waals surface area (Å²) in [6, 6.07) is 0. The van der Waals surface area contributed by atoms with Gasteiger partial charge in [0.1, 0.15) is 11.6 Å². The molecule has 7 heteroatoms. The molecule has 0 aromatic carbocycles. The maximum atomic E-state index is 10.1. The van der Waals surface area contributed by atoms with Crippen molar-refractivity contribution >= 4 is 23.5 Å². The van der Waals surface area contributed by atoms with E-state index in [-0.39, 0.29) is 56.7 Å². The minimum Gasteiger partial charge on any atom is -0.550 e. The van der Waals surface area contributed by atoms with Crippen molar-refractivity contribution in [2.75, 3.05) is 0 Å². The van der Waals surface area contributed by atoms with Crippen LogP contribution in [-0.2, 0) is 38.7 Å². The molecule has 0 saturated heterocycles. The van der Waals surface area contributed by atoms with Crippen molar-refractivity contribution in [1.82, 2.24) is 0 Å². The van der Waals surface area contributed by atoms with Crippen LogP contribution in [0.3, 0.4) is 0 Å². The van der Waals surface area contributed by atoms with E-state index >= 15 is 0 Å². The summed E-state index contributed by atoms with van der Waals surface area (Å²) in [4.78, 5) is 39.4. The van der Waals surface area contributed by atoms with E-state index in [1.54, 1.807) is 0 Å². The van der Waals surface area contributed by atoms with Crippen LogP contribution in [0, 0.1) is 0 Å². The van der Waals surface area contributed by atoms with Crippen LogP contribution in [0.25, 0.3) is 0 Å². The first-order chi connectivity index (χ1) is 7.25. The van der Waals surface area contributed by atoms with Crippen molar-refractivity contribution in [1.29, 1.82) is 0 Å². The van der Waals surface area contributed by atoms with Crippen LogP contribution >= 0.6 is 0 Å². The maximum absolute atomic E-state index is 10.1. The van der Waals surface area contributed by atoms with E-state index in [0.717, 1.165) is 0 Å². The van der Waals surface area contributed by atoms with E-state index in [1.165, 1.54) is 13.8 Å². The molecule has 0 aliphatic rings. The number of carboxylic acid groups (broad SMARTS) is 2. The Balaban J connectivity index is -0.000000218. The Morgan fingerprint density at radius 3 is 1.00 bits per heavy atom. The van der Waals surface area contributed by atoms with Gasteiger partial charge in [-0.15, -0.1) is 0 Å². The number of carbonyl (C=O) groups excluding carboxylic acids is 4. The Bertz CT molecular complexity index is 218. The van der Waals surface area contributed by atoms with Crippen LogP contribution < -0.4 is 10.2 Å². The summed E-state index contributed by atoms with van der Waals surface area (Å²) >= 11 is 0. The van der Waals surface area contributed by atoms with Crippen LogP contribution in [0.4, 0.5) is 0 Å². The normalized spacial score (nSPS) is 8.12. The van der Waals surface area contributed by atoms with Gasteiger partial charge < -0.3 is 29.4 Å². The number of ketones is 2. The number of carboxylic acids is 2. The third-order valence-corrected chi connectivity index (χ3v) is 1.36. The molecule has 0 aliphatic carbocycles. The summed E-state index contributed by atoms with van der Waals surface area (Å²) in [6.07, 6.45) is -0.144. The van der Waals surface area contributed by atoms with E-state index in [2.05, 4.69) is 0 Å². The summed E-state index contributed by atoms with van der Waals surface area (Å²) in [7, 11) is 0. The van der Waals surface area contributed by atoms with Crippen molar-refractivity contribution < 1.29 is 48.9 Å². The molecule has 0 radical (unpaired) electrons. The minimum absolute atomic E-state index is 0. The first-order valence-corrected chi connectivity index (χ1v) is 4.64. The van der Waals surface area contributed by atoms with Crippen molar-refractivity contribution in [2.45, 2.75) is 39.5 Å². The zero-order valence-electron chi connectivity index (χ0n) is 9.99. The molecule has 0 rings (SSSR count). The SMILES string of the molecule is CC(=O)CCC(=O)[O-].CC(=O)CCC(=O)[O-].[Zn+2]. The number of hydrogen-bond donors (Lipinski definition) is 0. The number of rotatable bonds is 6. The quantitative estimate of drug-likeness (QED) is 0.534. The number of aliphatic carboxylic acids is 2. The molecule has 0 aromatic heterocycles. The van der Waals surface area contributed by atoms with Gasteiger partial charge in [0.25, 0.3) is 0 Å². The number of hydrogen-bond acceptors (Lipinski definition) is 6. The minimum atomic E-state index is -1.17. The molecule has 0 saturated carbocycles.